The van der Waals surface area contributed by atoms with Crippen LogP contribution in [0.15, 0.2) is 47.4 Å². The summed E-state index contributed by atoms with van der Waals surface area (Å²) in [6, 6.07) is 10.8. The number of rotatable bonds is 5. The van der Waals surface area contributed by atoms with Gasteiger partial charge in [-0.15, -0.1) is 0 Å². The van der Waals surface area contributed by atoms with E-state index in [1.807, 2.05) is 6.92 Å². The van der Waals surface area contributed by atoms with Gasteiger partial charge in [0.05, 0.1) is 31.3 Å². The number of benzene rings is 2. The normalized spacial score (nSPS) is 18.2. The summed E-state index contributed by atoms with van der Waals surface area (Å²) < 4.78 is 54.9. The van der Waals surface area contributed by atoms with Crippen molar-refractivity contribution in [2.45, 2.75) is 24.5 Å². The fourth-order valence-electron chi connectivity index (χ4n) is 2.64. The van der Waals surface area contributed by atoms with Gasteiger partial charge in [-0.3, -0.25) is 4.18 Å². The minimum Gasteiger partial charge on any atom is -0.376 e. The molecule has 0 amide bonds. The topological polar surface area (TPSA) is 61.8 Å². The summed E-state index contributed by atoms with van der Waals surface area (Å²) in [5, 5.41) is 0. The van der Waals surface area contributed by atoms with E-state index in [2.05, 4.69) is 0 Å². The van der Waals surface area contributed by atoms with Gasteiger partial charge in [-0.25, -0.2) is 4.39 Å². The average Bonchev–Trinajstić information content (AvgIpc) is 2.61. The Bertz CT molecular complexity index is 827. The highest BCUT2D eigenvalue weighted by Gasteiger charge is 2.24. The first-order valence-corrected chi connectivity index (χ1v) is 9.31. The first kappa shape index (κ1) is 18.0. The highest BCUT2D eigenvalue weighted by atomic mass is 32.2. The van der Waals surface area contributed by atoms with E-state index in [1.165, 1.54) is 24.3 Å². The van der Waals surface area contributed by atoms with Crippen LogP contribution >= 0.6 is 0 Å². The van der Waals surface area contributed by atoms with Crippen molar-refractivity contribution in [2.24, 2.45) is 0 Å². The Morgan fingerprint density at radius 2 is 1.92 bits per heavy atom. The van der Waals surface area contributed by atoms with Gasteiger partial charge in [0, 0.05) is 5.56 Å². The lowest BCUT2D eigenvalue weighted by molar-refractivity contribution is -0.0918. The van der Waals surface area contributed by atoms with Crippen molar-refractivity contribution in [1.29, 1.82) is 0 Å². The molecule has 1 heterocycles. The number of hydrogen-bond donors (Lipinski definition) is 0. The van der Waals surface area contributed by atoms with Crippen LogP contribution < -0.4 is 0 Å². The highest BCUT2D eigenvalue weighted by Crippen LogP contribution is 2.28. The predicted molar refractivity (Wildman–Crippen MR) is 89.1 cm³/mol. The molecule has 0 saturated carbocycles. The Kier molecular flexibility index (Phi) is 5.48. The van der Waals surface area contributed by atoms with Gasteiger partial charge >= 0.3 is 0 Å². The molecule has 2 aromatic rings. The molecule has 1 fully saturated rings. The number of aryl methyl sites for hydroxylation is 1. The maximum absolute atomic E-state index is 14.3. The van der Waals surface area contributed by atoms with Gasteiger partial charge in [-0.05, 0) is 30.7 Å². The van der Waals surface area contributed by atoms with Gasteiger partial charge in [0.15, 0.2) is 0 Å². The van der Waals surface area contributed by atoms with Crippen LogP contribution in [0.25, 0.3) is 0 Å². The Morgan fingerprint density at radius 3 is 2.60 bits per heavy atom. The van der Waals surface area contributed by atoms with Crippen LogP contribution in [0, 0.1) is 12.7 Å². The monoisotopic (exact) mass is 366 g/mol. The molecule has 1 saturated heterocycles. The number of hydrogen-bond acceptors (Lipinski definition) is 5. The van der Waals surface area contributed by atoms with E-state index in [-0.39, 0.29) is 23.7 Å². The Labute approximate surface area is 146 Å². The zero-order valence-electron chi connectivity index (χ0n) is 13.8. The van der Waals surface area contributed by atoms with Gasteiger partial charge in [0.25, 0.3) is 10.1 Å². The second-order valence-electron chi connectivity index (χ2n) is 5.78. The van der Waals surface area contributed by atoms with Crippen molar-refractivity contribution < 1.29 is 26.5 Å². The van der Waals surface area contributed by atoms with E-state index in [9.17, 15) is 12.8 Å². The molecule has 3 rings (SSSR count). The minimum absolute atomic E-state index is 0.0632. The zero-order valence-corrected chi connectivity index (χ0v) is 14.6. The summed E-state index contributed by atoms with van der Waals surface area (Å²) in [4.78, 5) is 0.0632. The van der Waals surface area contributed by atoms with E-state index in [0.717, 1.165) is 5.56 Å². The second kappa shape index (κ2) is 7.61. The predicted octanol–water partition coefficient (Wildman–Crippen LogP) is 3.13. The number of halogens is 1. The van der Waals surface area contributed by atoms with Crippen LogP contribution in [0.1, 0.15) is 22.8 Å². The van der Waals surface area contributed by atoms with Crippen LogP contribution in [0.3, 0.4) is 0 Å². The molecule has 1 atom stereocenters. The fraction of sp³-hybridized carbons (Fsp3) is 0.333. The molecule has 1 aliphatic heterocycles. The molecule has 0 radical (unpaired) electrons. The SMILES string of the molecule is Cc1ccc(S(=O)(=O)OCc2cccc(F)c2C2COCCO2)cc1. The molecule has 1 aliphatic rings. The standard InChI is InChI=1S/C18H19FO5S/c1-13-5-7-15(8-6-13)25(20,21)24-11-14-3-2-4-16(19)18(14)17-12-22-9-10-23-17/h2-8,17H,9-12H2,1H3. The van der Waals surface area contributed by atoms with Gasteiger partial charge < -0.3 is 9.47 Å². The van der Waals surface area contributed by atoms with Crippen LogP contribution in [-0.4, -0.2) is 28.2 Å². The molecule has 0 N–H and O–H groups in total. The molecule has 0 spiro atoms. The average molecular weight is 366 g/mol. The lowest BCUT2D eigenvalue weighted by Gasteiger charge is -2.25. The zero-order chi connectivity index (χ0) is 17.9. The number of ether oxygens (including phenoxy) is 2. The lowest BCUT2D eigenvalue weighted by atomic mass is 10.0. The summed E-state index contributed by atoms with van der Waals surface area (Å²) in [6.07, 6.45) is -0.573. The quantitative estimate of drug-likeness (QED) is 0.761. The molecular formula is C18H19FO5S. The van der Waals surface area contributed by atoms with E-state index >= 15 is 0 Å². The first-order chi connectivity index (χ1) is 12.0. The van der Waals surface area contributed by atoms with E-state index < -0.39 is 22.0 Å². The minimum atomic E-state index is -3.93. The Morgan fingerprint density at radius 1 is 1.16 bits per heavy atom. The molecule has 7 heteroatoms. The Balaban J connectivity index is 1.81. The third kappa shape index (κ3) is 4.24. The molecule has 134 valence electrons. The largest absolute Gasteiger partial charge is 0.376 e. The molecular weight excluding hydrogens is 347 g/mol. The van der Waals surface area contributed by atoms with Gasteiger partial charge in [0.1, 0.15) is 11.9 Å². The third-order valence-corrected chi connectivity index (χ3v) is 5.24. The van der Waals surface area contributed by atoms with Crippen molar-refractivity contribution in [3.8, 4) is 0 Å². The van der Waals surface area contributed by atoms with Crippen molar-refractivity contribution in [1.82, 2.24) is 0 Å². The van der Waals surface area contributed by atoms with Crippen molar-refractivity contribution in [2.75, 3.05) is 19.8 Å². The van der Waals surface area contributed by atoms with E-state index in [1.54, 1.807) is 18.2 Å². The maximum Gasteiger partial charge on any atom is 0.297 e. The van der Waals surface area contributed by atoms with E-state index in [0.29, 0.717) is 18.8 Å². The van der Waals surface area contributed by atoms with E-state index in [4.69, 9.17) is 13.7 Å². The fourth-order valence-corrected chi connectivity index (χ4v) is 3.52. The van der Waals surface area contributed by atoms with Crippen LogP contribution in [0.5, 0.6) is 0 Å². The summed E-state index contributed by atoms with van der Waals surface area (Å²) in [5.74, 6) is -0.468. The van der Waals surface area contributed by atoms with Gasteiger partial charge in [-0.2, -0.15) is 8.42 Å². The molecule has 25 heavy (non-hydrogen) atoms. The molecule has 2 aromatic carbocycles. The molecule has 1 unspecified atom stereocenters. The van der Waals surface area contributed by atoms with Crippen LogP contribution in [-0.2, 0) is 30.4 Å². The first-order valence-electron chi connectivity index (χ1n) is 7.90. The lowest BCUT2D eigenvalue weighted by Crippen LogP contribution is -2.24. The molecule has 0 aliphatic carbocycles. The molecule has 5 nitrogen and oxygen atoms in total. The van der Waals surface area contributed by atoms with Crippen molar-refractivity contribution in [3.63, 3.8) is 0 Å². The van der Waals surface area contributed by atoms with Gasteiger partial charge in [0.2, 0.25) is 0 Å². The summed E-state index contributed by atoms with van der Waals surface area (Å²) in [5.41, 5.74) is 1.65. The van der Waals surface area contributed by atoms with Crippen molar-refractivity contribution >= 4 is 10.1 Å². The smallest absolute Gasteiger partial charge is 0.297 e. The van der Waals surface area contributed by atoms with Crippen LogP contribution in [0.2, 0.25) is 0 Å². The summed E-state index contributed by atoms with van der Waals surface area (Å²) >= 11 is 0. The van der Waals surface area contributed by atoms with Gasteiger partial charge in [-0.1, -0.05) is 29.8 Å². The van der Waals surface area contributed by atoms with Crippen LogP contribution in [0.4, 0.5) is 4.39 Å². The summed E-state index contributed by atoms with van der Waals surface area (Å²) in [6.45, 7) is 2.63. The second-order valence-corrected chi connectivity index (χ2v) is 7.39. The highest BCUT2D eigenvalue weighted by molar-refractivity contribution is 7.86. The Hall–Kier alpha value is -1.80. The molecule has 0 aromatic heterocycles. The summed E-state index contributed by atoms with van der Waals surface area (Å²) in [7, 11) is -3.93. The molecule has 0 bridgehead atoms. The van der Waals surface area contributed by atoms with Crippen molar-refractivity contribution in [3.05, 3.63) is 65.0 Å². The third-order valence-electron chi connectivity index (χ3n) is 3.96. The maximum atomic E-state index is 14.3.